The first-order valence-corrected chi connectivity index (χ1v) is 13.7. The van der Waals surface area contributed by atoms with Crippen molar-refractivity contribution in [1.29, 1.82) is 0 Å². The molecule has 22 heteroatoms. The molecule has 256 valence electrons. The lowest BCUT2D eigenvalue weighted by Gasteiger charge is -2.24. The van der Waals surface area contributed by atoms with Crippen molar-refractivity contribution in [3.05, 3.63) is 0 Å². The van der Waals surface area contributed by atoms with Crippen LogP contribution in [0.2, 0.25) is 0 Å². The zero-order valence-corrected chi connectivity index (χ0v) is 24.7. The number of carboxylic acids is 2. The second-order valence-electron chi connectivity index (χ2n) is 9.86. The number of amides is 7. The number of aliphatic carboxylic acids is 2. The smallest absolute Gasteiger partial charge is 0.305 e. The van der Waals surface area contributed by atoms with E-state index in [1.165, 1.54) is 6.92 Å². The average Bonchev–Trinajstić information content (AvgIpc) is 2.96. The Bertz CT molecular complexity index is 1220. The van der Waals surface area contributed by atoms with Crippen molar-refractivity contribution in [2.75, 3.05) is 26.2 Å². The first-order chi connectivity index (χ1) is 21.5. The van der Waals surface area contributed by atoms with Gasteiger partial charge in [0.05, 0.1) is 32.5 Å². The number of carbonyl (C=O) groups is 9. The van der Waals surface area contributed by atoms with Crippen LogP contribution < -0.4 is 48.7 Å². The molecule has 1 rings (SSSR count). The molecule has 22 nitrogen and oxygen atoms in total. The maximum absolute atomic E-state index is 12.8. The van der Waals surface area contributed by atoms with Gasteiger partial charge in [-0.05, 0) is 19.8 Å². The molecule has 0 radical (unpaired) electrons. The molecular weight excluding hydrogens is 620 g/mol. The summed E-state index contributed by atoms with van der Waals surface area (Å²) in [7, 11) is 0. The second kappa shape index (κ2) is 19.0. The topological polar surface area (TPSA) is 363 Å². The Morgan fingerprint density at radius 3 is 1.67 bits per heavy atom. The Balaban J connectivity index is 3.35. The first-order valence-electron chi connectivity index (χ1n) is 13.7. The monoisotopic (exact) mass is 658 g/mol. The minimum absolute atomic E-state index is 0.0467. The predicted octanol–water partition coefficient (Wildman–Crippen LogP) is -7.33. The lowest BCUT2D eigenvalue weighted by molar-refractivity contribution is -0.142. The van der Waals surface area contributed by atoms with Crippen molar-refractivity contribution < 1.29 is 58.5 Å². The molecule has 0 aromatic heterocycles. The number of aliphatic imine (C=N–C) groups is 1. The Morgan fingerprint density at radius 1 is 0.696 bits per heavy atom. The van der Waals surface area contributed by atoms with Gasteiger partial charge in [0, 0.05) is 6.54 Å². The van der Waals surface area contributed by atoms with Crippen LogP contribution in [-0.2, 0) is 43.2 Å². The van der Waals surface area contributed by atoms with Crippen LogP contribution in [0.25, 0.3) is 0 Å². The summed E-state index contributed by atoms with van der Waals surface area (Å²) in [6.07, 6.45) is -1.87. The highest BCUT2D eigenvalue weighted by molar-refractivity contribution is 5.98. The van der Waals surface area contributed by atoms with Crippen molar-refractivity contribution >= 4 is 59.2 Å². The molecule has 0 bridgehead atoms. The summed E-state index contributed by atoms with van der Waals surface area (Å²) in [5.41, 5.74) is 10.5. The number of carboxylic acid groups (broad SMARTS) is 2. The number of hydrogen-bond donors (Lipinski definition) is 12. The number of aliphatic hydroxyl groups is 1. The highest BCUT2D eigenvalue weighted by Crippen LogP contribution is 2.01. The fourth-order valence-electron chi connectivity index (χ4n) is 3.76. The zero-order valence-electron chi connectivity index (χ0n) is 24.7. The van der Waals surface area contributed by atoms with Crippen molar-refractivity contribution in [3.8, 4) is 0 Å². The van der Waals surface area contributed by atoms with E-state index in [9.17, 15) is 58.5 Å². The van der Waals surface area contributed by atoms with Crippen LogP contribution in [0.5, 0.6) is 0 Å². The fraction of sp³-hybridized carbons (Fsp3) is 0.583. The third kappa shape index (κ3) is 14.3. The van der Waals surface area contributed by atoms with Gasteiger partial charge < -0.3 is 64.0 Å². The minimum atomic E-state index is -1.85. The van der Waals surface area contributed by atoms with Crippen LogP contribution in [0, 0.1) is 0 Å². The maximum atomic E-state index is 12.8. The van der Waals surface area contributed by atoms with Crippen LogP contribution >= 0.6 is 0 Å². The summed E-state index contributed by atoms with van der Waals surface area (Å²) in [4.78, 5) is 115. The third-order valence-electron chi connectivity index (χ3n) is 6.05. The molecule has 0 aromatic rings. The number of nitrogens with two attached hydrogens (primary N) is 2. The number of hydrogen-bond acceptors (Lipinski definition) is 11. The molecule has 5 atom stereocenters. The molecule has 5 unspecified atom stereocenters. The lowest BCUT2D eigenvalue weighted by Crippen LogP contribution is -2.59. The summed E-state index contributed by atoms with van der Waals surface area (Å²) >= 11 is 0. The summed E-state index contributed by atoms with van der Waals surface area (Å²) in [5, 5.41) is 43.2. The molecule has 0 saturated carbocycles. The van der Waals surface area contributed by atoms with Crippen LogP contribution in [-0.4, -0.2) is 131 Å². The van der Waals surface area contributed by atoms with Gasteiger partial charge in [-0.15, -0.1) is 0 Å². The lowest BCUT2D eigenvalue weighted by atomic mass is 10.1. The van der Waals surface area contributed by atoms with E-state index in [0.29, 0.717) is 0 Å². The van der Waals surface area contributed by atoms with E-state index in [-0.39, 0.29) is 25.3 Å². The van der Waals surface area contributed by atoms with Crippen LogP contribution in [0.4, 0.5) is 0 Å². The van der Waals surface area contributed by atoms with Gasteiger partial charge in [0.2, 0.25) is 41.4 Å². The van der Waals surface area contributed by atoms with Gasteiger partial charge >= 0.3 is 11.9 Å². The molecule has 1 heterocycles. The van der Waals surface area contributed by atoms with Gasteiger partial charge in [-0.2, -0.15) is 0 Å². The molecule has 0 aliphatic carbocycles. The van der Waals surface area contributed by atoms with Gasteiger partial charge in [0.15, 0.2) is 5.96 Å². The van der Waals surface area contributed by atoms with Crippen LogP contribution in [0.3, 0.4) is 0 Å². The van der Waals surface area contributed by atoms with E-state index in [2.05, 4.69) is 31.6 Å². The Labute approximate surface area is 260 Å². The summed E-state index contributed by atoms with van der Waals surface area (Å²) in [6, 6.07) is -8.16. The van der Waals surface area contributed by atoms with Crippen molar-refractivity contribution in [2.45, 2.75) is 62.8 Å². The van der Waals surface area contributed by atoms with Gasteiger partial charge in [0.1, 0.15) is 30.2 Å². The van der Waals surface area contributed by atoms with Gasteiger partial charge in [-0.3, -0.25) is 48.1 Å². The van der Waals surface area contributed by atoms with Crippen molar-refractivity contribution in [3.63, 3.8) is 0 Å². The fourth-order valence-corrected chi connectivity index (χ4v) is 3.76. The molecule has 1 saturated heterocycles. The number of aliphatic hydroxyl groups excluding tert-OH is 1. The van der Waals surface area contributed by atoms with E-state index in [1.54, 1.807) is 0 Å². The molecule has 0 aromatic carbocycles. The Kier molecular flexibility index (Phi) is 15.9. The van der Waals surface area contributed by atoms with E-state index in [0.717, 1.165) is 0 Å². The number of carbonyl (C=O) groups excluding carboxylic acids is 7. The highest BCUT2D eigenvalue weighted by atomic mass is 16.4. The number of nitrogens with one attached hydrogen (secondary N) is 7. The van der Waals surface area contributed by atoms with E-state index < -0.39 is 116 Å². The molecule has 14 N–H and O–H groups in total. The van der Waals surface area contributed by atoms with Crippen LogP contribution in [0.15, 0.2) is 4.99 Å². The van der Waals surface area contributed by atoms with Gasteiger partial charge in [0.25, 0.3) is 0 Å². The molecule has 1 aliphatic rings. The van der Waals surface area contributed by atoms with Crippen LogP contribution in [0.1, 0.15) is 32.6 Å². The van der Waals surface area contributed by atoms with E-state index in [1.807, 2.05) is 10.6 Å². The summed E-state index contributed by atoms with van der Waals surface area (Å²) in [6.45, 7) is -1.34. The minimum Gasteiger partial charge on any atom is -0.481 e. The molecule has 46 heavy (non-hydrogen) atoms. The third-order valence-corrected chi connectivity index (χ3v) is 6.05. The molecule has 0 spiro atoms. The summed E-state index contributed by atoms with van der Waals surface area (Å²) < 4.78 is 0. The van der Waals surface area contributed by atoms with Gasteiger partial charge in [-0.1, -0.05) is 0 Å². The number of guanidine groups is 1. The Hall–Kier alpha value is -5.54. The van der Waals surface area contributed by atoms with E-state index in [4.69, 9.17) is 11.5 Å². The zero-order chi connectivity index (χ0) is 35.0. The van der Waals surface area contributed by atoms with Gasteiger partial charge in [-0.25, -0.2) is 0 Å². The second-order valence-corrected chi connectivity index (χ2v) is 9.86. The maximum Gasteiger partial charge on any atom is 0.305 e. The first kappa shape index (κ1) is 38.5. The van der Waals surface area contributed by atoms with Crippen molar-refractivity contribution in [1.82, 2.24) is 37.2 Å². The molecule has 1 fully saturated rings. The average molecular weight is 659 g/mol. The number of rotatable bonds is 9. The molecule has 1 aliphatic heterocycles. The highest BCUT2D eigenvalue weighted by Gasteiger charge is 2.32. The molecular formula is C24H38N10O12. The SMILES string of the molecule is CC1NC(=O)C(CC(=O)O)NC(=O)C(CO)NC(=O)C(CC(=O)O)NC(=O)CNC(=O)C(CCCN=C(N)N)NC(=O)CNC1=O. The summed E-state index contributed by atoms with van der Waals surface area (Å²) in [5.74, 6) is -10.7. The predicted molar refractivity (Wildman–Crippen MR) is 153 cm³/mol. The number of nitrogens with zero attached hydrogens (tertiary/aromatic N) is 1. The Morgan fingerprint density at radius 2 is 1.15 bits per heavy atom. The largest absolute Gasteiger partial charge is 0.481 e. The standard InChI is InChI=1S/C24H38N10O12/c1-10-19(42)28-7-15(36)31-11(3-2-4-27-24(25)26)20(43)29-8-16(37)32-12(5-17(38)39)22(45)34-14(9-35)23(46)33-13(6-18(40)41)21(44)30-10/h10-14,35H,2-9H2,1H3,(H,28,42)(H,29,43)(H,30,44)(H,31,36)(H,32,37)(H,33,46)(H,34,45)(H,38,39)(H,40,41)(H4,25,26,27). The van der Waals surface area contributed by atoms with Crippen molar-refractivity contribution in [2.24, 2.45) is 16.5 Å². The van der Waals surface area contributed by atoms with E-state index >= 15 is 0 Å². The quantitative estimate of drug-likeness (QED) is 0.0622. The normalized spacial score (nSPS) is 24.3. The molecule has 7 amide bonds.